The minimum atomic E-state index is -0.573. The second-order valence-electron chi connectivity index (χ2n) is 6.02. The monoisotopic (exact) mass is 400 g/mol. The number of nitrogens with zero attached hydrogens (tertiary/aromatic N) is 1. The third kappa shape index (κ3) is 4.28. The van der Waals surface area contributed by atoms with Crippen LogP contribution >= 0.6 is 11.8 Å². The summed E-state index contributed by atoms with van der Waals surface area (Å²) in [5, 5.41) is 2.18. The van der Waals surface area contributed by atoms with Crippen molar-refractivity contribution in [1.29, 1.82) is 0 Å². The van der Waals surface area contributed by atoms with E-state index in [2.05, 4.69) is 5.32 Å². The van der Waals surface area contributed by atoms with Crippen LogP contribution in [0, 0.1) is 0 Å². The molecule has 1 atom stereocenters. The maximum atomic E-state index is 12.6. The molecule has 3 amide bonds. The Morgan fingerprint density at radius 1 is 1.14 bits per heavy atom. The number of carbonyl (C=O) groups excluding carboxylic acids is 3. The van der Waals surface area contributed by atoms with Crippen LogP contribution < -0.4 is 19.7 Å². The Hall–Kier alpha value is -3.00. The molecule has 28 heavy (non-hydrogen) atoms. The summed E-state index contributed by atoms with van der Waals surface area (Å²) < 4.78 is 10.4. The number of ether oxygens (including phenoxy) is 2. The molecule has 1 saturated heterocycles. The second kappa shape index (κ2) is 8.79. The first-order chi connectivity index (χ1) is 13.5. The molecule has 1 heterocycles. The van der Waals surface area contributed by atoms with Crippen LogP contribution in [0.25, 0.3) is 0 Å². The number of hydrogen-bond donors (Lipinski definition) is 1. The minimum Gasteiger partial charge on any atom is -0.497 e. The van der Waals surface area contributed by atoms with Crippen LogP contribution in [-0.4, -0.2) is 42.9 Å². The van der Waals surface area contributed by atoms with Crippen LogP contribution in [0.4, 0.5) is 11.4 Å². The van der Waals surface area contributed by atoms with Gasteiger partial charge in [-0.15, -0.1) is 11.8 Å². The van der Waals surface area contributed by atoms with Crippen molar-refractivity contribution >= 4 is 40.9 Å². The summed E-state index contributed by atoms with van der Waals surface area (Å²) in [5.41, 5.74) is 1.06. The molecule has 0 bridgehead atoms. The van der Waals surface area contributed by atoms with Crippen molar-refractivity contribution in [1.82, 2.24) is 0 Å². The number of thioether (sulfide) groups is 1. The minimum absolute atomic E-state index is 0.0432. The summed E-state index contributed by atoms with van der Waals surface area (Å²) in [7, 11) is 3.04. The number of amides is 3. The molecule has 146 valence electrons. The topological polar surface area (TPSA) is 84.9 Å². The van der Waals surface area contributed by atoms with Crippen LogP contribution in [0.3, 0.4) is 0 Å². The van der Waals surface area contributed by atoms with Gasteiger partial charge in [-0.2, -0.15) is 0 Å². The van der Waals surface area contributed by atoms with Crippen molar-refractivity contribution in [2.24, 2.45) is 0 Å². The lowest BCUT2D eigenvalue weighted by Crippen LogP contribution is -2.31. The van der Waals surface area contributed by atoms with Gasteiger partial charge in [0.15, 0.2) is 0 Å². The van der Waals surface area contributed by atoms with Crippen molar-refractivity contribution < 1.29 is 23.9 Å². The summed E-state index contributed by atoms with van der Waals surface area (Å²) in [6.07, 6.45) is 0.0809. The van der Waals surface area contributed by atoms with E-state index >= 15 is 0 Å². The third-order valence-electron chi connectivity index (χ3n) is 4.22. The Morgan fingerprint density at radius 3 is 2.57 bits per heavy atom. The molecular formula is C20H20N2O5S. The fraction of sp³-hybridized carbons (Fsp3) is 0.250. The van der Waals surface area contributed by atoms with Gasteiger partial charge in [-0.1, -0.05) is 18.2 Å². The van der Waals surface area contributed by atoms with Crippen LogP contribution in [0.1, 0.15) is 6.42 Å². The number of imide groups is 1. The predicted octanol–water partition coefficient (Wildman–Crippen LogP) is 2.71. The molecule has 8 heteroatoms. The molecule has 0 saturated carbocycles. The molecule has 0 spiro atoms. The number of hydrogen-bond acceptors (Lipinski definition) is 6. The Bertz CT molecular complexity index is 887. The molecule has 0 unspecified atom stereocenters. The average Bonchev–Trinajstić information content (AvgIpc) is 3.00. The maximum Gasteiger partial charge on any atom is 0.247 e. The SMILES string of the molecule is COc1ccc(NC(=O)CS[C@@H]2CC(=O)N(c3ccccc3)C2=O)c(OC)c1. The first-order valence-electron chi connectivity index (χ1n) is 8.59. The van der Waals surface area contributed by atoms with E-state index in [0.29, 0.717) is 22.9 Å². The van der Waals surface area contributed by atoms with Gasteiger partial charge in [-0.05, 0) is 24.3 Å². The number of nitrogens with one attached hydrogen (secondary N) is 1. The Labute approximate surface area is 167 Å². The van der Waals surface area contributed by atoms with Gasteiger partial charge in [0.05, 0.1) is 36.6 Å². The fourth-order valence-electron chi connectivity index (χ4n) is 2.85. The number of methoxy groups -OCH3 is 2. The number of carbonyl (C=O) groups is 3. The molecule has 0 aliphatic carbocycles. The molecular weight excluding hydrogens is 380 g/mol. The van der Waals surface area contributed by atoms with Gasteiger partial charge in [0.1, 0.15) is 11.5 Å². The molecule has 1 aliphatic heterocycles. The van der Waals surface area contributed by atoms with Gasteiger partial charge >= 0.3 is 0 Å². The van der Waals surface area contributed by atoms with Crippen LogP contribution in [0.2, 0.25) is 0 Å². The standard InChI is InChI=1S/C20H20N2O5S/c1-26-14-8-9-15(16(10-14)27-2)21-18(23)12-28-17-11-19(24)22(20(17)25)13-6-4-3-5-7-13/h3-10,17H,11-12H2,1-2H3,(H,21,23)/t17-/m1/s1. The zero-order valence-electron chi connectivity index (χ0n) is 15.5. The van der Waals surface area contributed by atoms with Crippen molar-refractivity contribution in [3.05, 3.63) is 48.5 Å². The number of benzene rings is 2. The summed E-state index contributed by atoms with van der Waals surface area (Å²) >= 11 is 1.15. The Morgan fingerprint density at radius 2 is 1.89 bits per heavy atom. The Kier molecular flexibility index (Phi) is 6.20. The lowest BCUT2D eigenvalue weighted by atomic mass is 10.2. The number of para-hydroxylation sites is 1. The maximum absolute atomic E-state index is 12.6. The zero-order valence-corrected chi connectivity index (χ0v) is 16.3. The summed E-state index contributed by atoms with van der Waals surface area (Å²) in [5.74, 6) is 0.288. The molecule has 0 aromatic heterocycles. The Balaban J connectivity index is 1.59. The highest BCUT2D eigenvalue weighted by atomic mass is 32.2. The quantitative estimate of drug-likeness (QED) is 0.720. The highest BCUT2D eigenvalue weighted by Crippen LogP contribution is 2.31. The smallest absolute Gasteiger partial charge is 0.247 e. The lowest BCUT2D eigenvalue weighted by Gasteiger charge is -2.15. The molecule has 1 aliphatic rings. The molecule has 2 aromatic rings. The van der Waals surface area contributed by atoms with Gasteiger partial charge in [-0.3, -0.25) is 14.4 Å². The van der Waals surface area contributed by atoms with E-state index in [1.807, 2.05) is 6.07 Å². The van der Waals surface area contributed by atoms with E-state index in [0.717, 1.165) is 11.8 Å². The molecule has 7 nitrogen and oxygen atoms in total. The molecule has 3 rings (SSSR count). The van der Waals surface area contributed by atoms with E-state index in [4.69, 9.17) is 9.47 Å². The first kappa shape index (κ1) is 19.8. The van der Waals surface area contributed by atoms with E-state index in [9.17, 15) is 14.4 Å². The number of rotatable bonds is 7. The molecule has 2 aromatic carbocycles. The van der Waals surface area contributed by atoms with Crippen molar-refractivity contribution in [3.8, 4) is 11.5 Å². The van der Waals surface area contributed by atoms with E-state index < -0.39 is 5.25 Å². The van der Waals surface area contributed by atoms with Crippen LogP contribution in [-0.2, 0) is 14.4 Å². The summed E-state index contributed by atoms with van der Waals surface area (Å²) in [6, 6.07) is 13.8. The van der Waals surface area contributed by atoms with E-state index in [1.54, 1.807) is 49.6 Å². The van der Waals surface area contributed by atoms with Gasteiger partial charge in [0.25, 0.3) is 0 Å². The van der Waals surface area contributed by atoms with Crippen LogP contribution in [0.5, 0.6) is 11.5 Å². The van der Waals surface area contributed by atoms with E-state index in [1.165, 1.54) is 12.0 Å². The largest absolute Gasteiger partial charge is 0.497 e. The van der Waals surface area contributed by atoms with E-state index in [-0.39, 0.29) is 29.9 Å². The van der Waals surface area contributed by atoms with Gasteiger partial charge in [-0.25, -0.2) is 4.90 Å². The number of anilines is 2. The summed E-state index contributed by atoms with van der Waals surface area (Å²) in [6.45, 7) is 0. The predicted molar refractivity (Wildman–Crippen MR) is 108 cm³/mol. The van der Waals surface area contributed by atoms with Crippen molar-refractivity contribution in [3.63, 3.8) is 0 Å². The normalized spacial score (nSPS) is 16.2. The summed E-state index contributed by atoms with van der Waals surface area (Å²) in [4.78, 5) is 38.3. The van der Waals surface area contributed by atoms with Crippen LogP contribution in [0.15, 0.2) is 48.5 Å². The average molecular weight is 400 g/mol. The fourth-order valence-corrected chi connectivity index (χ4v) is 3.78. The van der Waals surface area contributed by atoms with Gasteiger partial charge in [0, 0.05) is 12.5 Å². The molecule has 1 fully saturated rings. The third-order valence-corrected chi connectivity index (χ3v) is 5.42. The van der Waals surface area contributed by atoms with Gasteiger partial charge in [0.2, 0.25) is 17.7 Å². The molecule has 0 radical (unpaired) electrons. The van der Waals surface area contributed by atoms with Gasteiger partial charge < -0.3 is 14.8 Å². The second-order valence-corrected chi connectivity index (χ2v) is 7.21. The first-order valence-corrected chi connectivity index (χ1v) is 9.63. The highest BCUT2D eigenvalue weighted by molar-refractivity contribution is 8.01. The van der Waals surface area contributed by atoms with Crippen molar-refractivity contribution in [2.45, 2.75) is 11.7 Å². The zero-order chi connectivity index (χ0) is 20.1. The highest BCUT2D eigenvalue weighted by Gasteiger charge is 2.39. The molecule has 1 N–H and O–H groups in total. The van der Waals surface area contributed by atoms with Crippen molar-refractivity contribution in [2.75, 3.05) is 30.2 Å². The lowest BCUT2D eigenvalue weighted by molar-refractivity contribution is -0.121.